The molecule has 1 aliphatic rings. The number of Topliss-reactive ketones (excluding diaryl/α,β-unsaturated/α-hetero) is 1. The third kappa shape index (κ3) is 3.66. The maximum atomic E-state index is 12.2. The fourth-order valence-electron chi connectivity index (χ4n) is 2.77. The zero-order valence-corrected chi connectivity index (χ0v) is 12.2. The maximum Gasteiger partial charge on any atom is 0.306 e. The lowest BCUT2D eigenvalue weighted by atomic mass is 9.76. The lowest BCUT2D eigenvalue weighted by Crippen LogP contribution is -2.28. The van der Waals surface area contributed by atoms with E-state index in [1.807, 2.05) is 12.1 Å². The van der Waals surface area contributed by atoms with Gasteiger partial charge < -0.3 is 5.11 Å². The Balaban J connectivity index is 2.04. The number of carbonyl (C=O) groups is 2. The van der Waals surface area contributed by atoms with E-state index in [-0.39, 0.29) is 17.6 Å². The number of ketones is 1. The minimum Gasteiger partial charge on any atom is -0.481 e. The van der Waals surface area contributed by atoms with Crippen molar-refractivity contribution in [3.05, 3.63) is 34.3 Å². The summed E-state index contributed by atoms with van der Waals surface area (Å²) in [5.41, 5.74) is 0.665. The highest BCUT2D eigenvalue weighted by molar-refractivity contribution is 9.10. The number of rotatable bonds is 4. The van der Waals surface area contributed by atoms with Gasteiger partial charge in [-0.3, -0.25) is 9.59 Å². The van der Waals surface area contributed by atoms with Gasteiger partial charge in [-0.15, -0.1) is 0 Å². The van der Waals surface area contributed by atoms with Crippen LogP contribution >= 0.6 is 15.9 Å². The first-order valence-corrected chi connectivity index (χ1v) is 7.39. The molecule has 0 saturated heterocycles. The van der Waals surface area contributed by atoms with Gasteiger partial charge >= 0.3 is 5.97 Å². The fourth-order valence-corrected chi connectivity index (χ4v) is 3.03. The van der Waals surface area contributed by atoms with Crippen molar-refractivity contribution in [2.45, 2.75) is 32.1 Å². The van der Waals surface area contributed by atoms with Crippen LogP contribution in [0.4, 0.5) is 0 Å². The number of halogens is 1. The lowest BCUT2D eigenvalue weighted by Gasteiger charge is -2.27. The molecule has 0 bridgehead atoms. The van der Waals surface area contributed by atoms with E-state index in [0.29, 0.717) is 18.4 Å². The van der Waals surface area contributed by atoms with Gasteiger partial charge in [0.15, 0.2) is 5.78 Å². The van der Waals surface area contributed by atoms with Crippen molar-refractivity contribution in [1.29, 1.82) is 0 Å². The molecule has 102 valence electrons. The van der Waals surface area contributed by atoms with Crippen LogP contribution in [0.1, 0.15) is 42.5 Å². The number of hydrogen-bond acceptors (Lipinski definition) is 2. The topological polar surface area (TPSA) is 54.4 Å². The molecular formula is C15H17BrO3. The monoisotopic (exact) mass is 324 g/mol. The van der Waals surface area contributed by atoms with Crippen LogP contribution in [0.15, 0.2) is 28.7 Å². The zero-order chi connectivity index (χ0) is 13.8. The van der Waals surface area contributed by atoms with Gasteiger partial charge in [0.05, 0.1) is 5.92 Å². The van der Waals surface area contributed by atoms with Crippen molar-refractivity contribution >= 4 is 27.7 Å². The molecule has 0 amide bonds. The highest BCUT2D eigenvalue weighted by Gasteiger charge is 2.32. The number of carboxylic acids is 1. The first-order valence-electron chi connectivity index (χ1n) is 6.59. The van der Waals surface area contributed by atoms with Gasteiger partial charge in [-0.1, -0.05) is 40.9 Å². The van der Waals surface area contributed by atoms with Gasteiger partial charge in [0, 0.05) is 16.5 Å². The third-order valence-electron chi connectivity index (χ3n) is 3.84. The molecule has 1 aliphatic carbocycles. The fraction of sp³-hybridized carbons (Fsp3) is 0.467. The molecule has 0 spiro atoms. The summed E-state index contributed by atoms with van der Waals surface area (Å²) in [5.74, 6) is -1.07. The Bertz CT molecular complexity index is 467. The van der Waals surface area contributed by atoms with Crippen molar-refractivity contribution < 1.29 is 14.7 Å². The summed E-state index contributed by atoms with van der Waals surface area (Å²) >= 11 is 3.33. The molecule has 3 nitrogen and oxygen atoms in total. The van der Waals surface area contributed by atoms with E-state index in [9.17, 15) is 14.7 Å². The van der Waals surface area contributed by atoms with Crippen molar-refractivity contribution in [1.82, 2.24) is 0 Å². The van der Waals surface area contributed by atoms with Gasteiger partial charge in [0.2, 0.25) is 0 Å². The quantitative estimate of drug-likeness (QED) is 0.854. The number of benzene rings is 1. The normalized spacial score (nSPS) is 23.0. The first kappa shape index (κ1) is 14.3. The van der Waals surface area contributed by atoms with Gasteiger partial charge in [-0.05, 0) is 30.9 Å². The van der Waals surface area contributed by atoms with Crippen LogP contribution in [0.25, 0.3) is 0 Å². The summed E-state index contributed by atoms with van der Waals surface area (Å²) in [7, 11) is 0. The minimum absolute atomic E-state index is 0.0117. The van der Waals surface area contributed by atoms with Crippen LogP contribution in [-0.4, -0.2) is 16.9 Å². The molecule has 1 saturated carbocycles. The van der Waals surface area contributed by atoms with Crippen LogP contribution in [0.5, 0.6) is 0 Å². The SMILES string of the molecule is O=C(C[C@@H]1CCCC[C@@H]1C(=O)O)c1ccc(Br)cc1. The Hall–Kier alpha value is -1.16. The van der Waals surface area contributed by atoms with E-state index < -0.39 is 5.97 Å². The largest absolute Gasteiger partial charge is 0.481 e. The Morgan fingerprint density at radius 3 is 2.42 bits per heavy atom. The van der Waals surface area contributed by atoms with Crippen LogP contribution in [0, 0.1) is 11.8 Å². The highest BCUT2D eigenvalue weighted by atomic mass is 79.9. The Kier molecular flexibility index (Phi) is 4.75. The molecule has 2 atom stereocenters. The van der Waals surface area contributed by atoms with Crippen molar-refractivity contribution in [3.8, 4) is 0 Å². The summed E-state index contributed by atoms with van der Waals surface area (Å²) in [6.07, 6.45) is 3.88. The van der Waals surface area contributed by atoms with Gasteiger partial charge in [-0.25, -0.2) is 0 Å². The predicted molar refractivity (Wildman–Crippen MR) is 76.2 cm³/mol. The molecule has 0 aromatic heterocycles. The summed E-state index contributed by atoms with van der Waals surface area (Å²) in [5, 5.41) is 9.21. The number of aliphatic carboxylic acids is 1. The van der Waals surface area contributed by atoms with E-state index >= 15 is 0 Å². The highest BCUT2D eigenvalue weighted by Crippen LogP contribution is 2.33. The smallest absolute Gasteiger partial charge is 0.306 e. The Morgan fingerprint density at radius 2 is 1.79 bits per heavy atom. The van der Waals surface area contributed by atoms with E-state index in [4.69, 9.17) is 0 Å². The zero-order valence-electron chi connectivity index (χ0n) is 10.6. The molecular weight excluding hydrogens is 308 g/mol. The molecule has 0 heterocycles. The molecule has 1 fully saturated rings. The van der Waals surface area contributed by atoms with Gasteiger partial charge in [0.1, 0.15) is 0 Å². The second-order valence-corrected chi connectivity index (χ2v) is 6.04. The summed E-state index contributed by atoms with van der Waals surface area (Å²) < 4.78 is 0.935. The molecule has 1 N–H and O–H groups in total. The van der Waals surface area contributed by atoms with Crippen molar-refractivity contribution in [2.24, 2.45) is 11.8 Å². The average Bonchev–Trinajstić information content (AvgIpc) is 2.39. The van der Waals surface area contributed by atoms with E-state index in [2.05, 4.69) is 15.9 Å². The molecule has 0 unspecified atom stereocenters. The van der Waals surface area contributed by atoms with E-state index in [0.717, 1.165) is 23.7 Å². The van der Waals surface area contributed by atoms with E-state index in [1.165, 1.54) is 0 Å². The second-order valence-electron chi connectivity index (χ2n) is 5.12. The van der Waals surface area contributed by atoms with Crippen molar-refractivity contribution in [3.63, 3.8) is 0 Å². The van der Waals surface area contributed by atoms with Crippen LogP contribution in [0.3, 0.4) is 0 Å². The van der Waals surface area contributed by atoms with Crippen molar-refractivity contribution in [2.75, 3.05) is 0 Å². The molecule has 0 aliphatic heterocycles. The first-order chi connectivity index (χ1) is 9.08. The Labute approximate surface area is 121 Å². The summed E-state index contributed by atoms with van der Waals surface area (Å²) in [6, 6.07) is 7.24. The average molecular weight is 325 g/mol. The second kappa shape index (κ2) is 6.33. The third-order valence-corrected chi connectivity index (χ3v) is 4.37. The predicted octanol–water partition coefficient (Wildman–Crippen LogP) is 3.91. The summed E-state index contributed by atoms with van der Waals surface area (Å²) in [6.45, 7) is 0. The standard InChI is InChI=1S/C15H17BrO3/c16-12-7-5-10(6-8-12)14(17)9-11-3-1-2-4-13(11)15(18)19/h5-8,11,13H,1-4,9H2,(H,18,19)/t11-,13-/m0/s1. The number of carbonyl (C=O) groups excluding carboxylic acids is 1. The van der Waals surface area contributed by atoms with Crippen LogP contribution in [-0.2, 0) is 4.79 Å². The lowest BCUT2D eigenvalue weighted by molar-refractivity contribution is -0.144. The molecule has 0 radical (unpaired) electrons. The number of hydrogen-bond donors (Lipinski definition) is 1. The molecule has 2 rings (SSSR count). The Morgan fingerprint density at radius 1 is 1.16 bits per heavy atom. The summed E-state index contributed by atoms with van der Waals surface area (Å²) in [4.78, 5) is 23.4. The van der Waals surface area contributed by atoms with Crippen LogP contribution < -0.4 is 0 Å². The molecule has 19 heavy (non-hydrogen) atoms. The minimum atomic E-state index is -0.756. The molecule has 1 aromatic carbocycles. The molecule has 4 heteroatoms. The molecule has 1 aromatic rings. The maximum absolute atomic E-state index is 12.2. The van der Waals surface area contributed by atoms with Gasteiger partial charge in [0.25, 0.3) is 0 Å². The van der Waals surface area contributed by atoms with Crippen LogP contribution in [0.2, 0.25) is 0 Å². The number of carboxylic acid groups (broad SMARTS) is 1. The van der Waals surface area contributed by atoms with E-state index in [1.54, 1.807) is 12.1 Å². The van der Waals surface area contributed by atoms with Gasteiger partial charge in [-0.2, -0.15) is 0 Å².